The molecule has 0 aliphatic carbocycles. The van der Waals surface area contributed by atoms with Gasteiger partial charge in [-0.3, -0.25) is 4.79 Å². The molecule has 0 amide bonds. The zero-order chi connectivity index (χ0) is 18.4. The normalized spacial score (nSPS) is 10.8. The van der Waals surface area contributed by atoms with Crippen molar-refractivity contribution in [3.05, 3.63) is 58.7 Å². The van der Waals surface area contributed by atoms with E-state index in [4.69, 9.17) is 9.47 Å². The summed E-state index contributed by atoms with van der Waals surface area (Å²) in [6, 6.07) is 9.41. The highest BCUT2D eigenvalue weighted by Crippen LogP contribution is 2.32. The van der Waals surface area contributed by atoms with Crippen molar-refractivity contribution in [1.82, 2.24) is 0 Å². The van der Waals surface area contributed by atoms with Gasteiger partial charge in [-0.1, -0.05) is 30.7 Å². The van der Waals surface area contributed by atoms with E-state index >= 15 is 0 Å². The minimum Gasteiger partial charge on any atom is -0.488 e. The van der Waals surface area contributed by atoms with Crippen LogP contribution in [0.5, 0.6) is 11.5 Å². The summed E-state index contributed by atoms with van der Waals surface area (Å²) in [6.07, 6.45) is -2.47. The van der Waals surface area contributed by atoms with Crippen LogP contribution in [0.3, 0.4) is 0 Å². The number of benzene rings is 2. The zero-order valence-corrected chi connectivity index (χ0v) is 14.1. The number of carbonyl (C=O) groups is 1. The second-order valence-corrected chi connectivity index (χ2v) is 5.51. The molecule has 0 saturated carbocycles. The summed E-state index contributed by atoms with van der Waals surface area (Å²) in [5.41, 5.74) is 1.46. The Morgan fingerprint density at radius 3 is 2.60 bits per heavy atom. The Balaban J connectivity index is 2.30. The average Bonchev–Trinajstić information content (AvgIpc) is 2.60. The number of rotatable bonds is 7. The fourth-order valence-corrected chi connectivity index (χ4v) is 2.33. The van der Waals surface area contributed by atoms with Crippen molar-refractivity contribution in [3.63, 3.8) is 0 Å². The molecule has 0 bridgehead atoms. The molecule has 0 unspecified atom stereocenters. The maximum Gasteiger partial charge on any atom is 0.310 e. The van der Waals surface area contributed by atoms with Gasteiger partial charge in [-0.2, -0.15) is 0 Å². The van der Waals surface area contributed by atoms with Gasteiger partial charge in [0, 0.05) is 12.0 Å². The highest BCUT2D eigenvalue weighted by Gasteiger charge is 2.17. The lowest BCUT2D eigenvalue weighted by Crippen LogP contribution is -2.10. The number of hydrogen-bond acceptors (Lipinski definition) is 4. The van der Waals surface area contributed by atoms with Crippen LogP contribution in [0.2, 0.25) is 0 Å². The molecule has 2 rings (SSSR count). The molecule has 134 valence electrons. The minimum atomic E-state index is -2.67. The van der Waals surface area contributed by atoms with Crippen LogP contribution in [0.4, 0.5) is 8.78 Å². The third-order valence-corrected chi connectivity index (χ3v) is 3.69. The molecule has 2 aromatic rings. The van der Waals surface area contributed by atoms with E-state index in [1.807, 2.05) is 0 Å². The van der Waals surface area contributed by atoms with Crippen LogP contribution in [-0.2, 0) is 18.0 Å². The van der Waals surface area contributed by atoms with E-state index in [0.717, 1.165) is 0 Å². The van der Waals surface area contributed by atoms with Crippen molar-refractivity contribution >= 4 is 5.97 Å². The maximum absolute atomic E-state index is 13.2. The first-order chi connectivity index (χ1) is 12.0. The molecule has 0 atom stereocenters. The number of carbonyl (C=O) groups excluding carboxylic acids is 1. The van der Waals surface area contributed by atoms with Gasteiger partial charge in [0.15, 0.2) is 0 Å². The van der Waals surface area contributed by atoms with Gasteiger partial charge >= 0.3 is 5.97 Å². The lowest BCUT2D eigenvalue weighted by atomic mass is 10.1. The van der Waals surface area contributed by atoms with E-state index in [0.29, 0.717) is 16.7 Å². The molecule has 25 heavy (non-hydrogen) atoms. The molecule has 0 heterocycles. The van der Waals surface area contributed by atoms with Crippen LogP contribution in [-0.4, -0.2) is 11.1 Å². The van der Waals surface area contributed by atoms with Crippen LogP contribution in [0.25, 0.3) is 0 Å². The number of aryl methyl sites for hydroxylation is 1. The summed E-state index contributed by atoms with van der Waals surface area (Å²) in [7, 11) is 0. The SMILES string of the molecule is CCC(=O)Oc1cccc(CO)c1COc1ccc(C)cc1C(F)F. The lowest BCUT2D eigenvalue weighted by Gasteiger charge is -2.16. The second kappa shape index (κ2) is 8.58. The summed E-state index contributed by atoms with van der Waals surface area (Å²) in [6.45, 7) is 2.99. The van der Waals surface area contributed by atoms with E-state index < -0.39 is 12.4 Å². The molecule has 0 aromatic heterocycles. The van der Waals surface area contributed by atoms with Crippen LogP contribution in [0.15, 0.2) is 36.4 Å². The van der Waals surface area contributed by atoms with Crippen molar-refractivity contribution < 1.29 is 28.2 Å². The van der Waals surface area contributed by atoms with Gasteiger partial charge in [0.25, 0.3) is 6.43 Å². The number of ether oxygens (including phenoxy) is 2. The lowest BCUT2D eigenvalue weighted by molar-refractivity contribution is -0.134. The van der Waals surface area contributed by atoms with Gasteiger partial charge in [0.1, 0.15) is 18.1 Å². The number of aliphatic hydroxyl groups excluding tert-OH is 1. The molecule has 4 nitrogen and oxygen atoms in total. The molecular weight excluding hydrogens is 330 g/mol. The highest BCUT2D eigenvalue weighted by atomic mass is 19.3. The first kappa shape index (κ1) is 18.9. The molecule has 0 saturated heterocycles. The fourth-order valence-electron chi connectivity index (χ4n) is 2.33. The summed E-state index contributed by atoms with van der Waals surface area (Å²) < 4.78 is 37.2. The molecule has 0 radical (unpaired) electrons. The van der Waals surface area contributed by atoms with E-state index in [1.165, 1.54) is 12.1 Å². The Bertz CT molecular complexity index is 744. The topological polar surface area (TPSA) is 55.8 Å². The Hall–Kier alpha value is -2.47. The first-order valence-corrected chi connectivity index (χ1v) is 7.90. The van der Waals surface area contributed by atoms with Crippen molar-refractivity contribution in [2.24, 2.45) is 0 Å². The van der Waals surface area contributed by atoms with Gasteiger partial charge in [0.2, 0.25) is 0 Å². The summed E-state index contributed by atoms with van der Waals surface area (Å²) >= 11 is 0. The number of hydrogen-bond donors (Lipinski definition) is 1. The molecular formula is C19H20F2O4. The second-order valence-electron chi connectivity index (χ2n) is 5.51. The minimum absolute atomic E-state index is 0.0566. The Morgan fingerprint density at radius 2 is 1.96 bits per heavy atom. The number of halogens is 2. The average molecular weight is 350 g/mol. The molecule has 0 fully saturated rings. The van der Waals surface area contributed by atoms with Gasteiger partial charge in [-0.15, -0.1) is 0 Å². The molecule has 2 aromatic carbocycles. The molecule has 6 heteroatoms. The Kier molecular flexibility index (Phi) is 6.47. The largest absolute Gasteiger partial charge is 0.488 e. The molecule has 0 aliphatic rings. The Morgan fingerprint density at radius 1 is 1.20 bits per heavy atom. The summed E-state index contributed by atoms with van der Waals surface area (Å²) in [4.78, 5) is 11.6. The fraction of sp³-hybridized carbons (Fsp3) is 0.316. The Labute approximate surface area is 145 Å². The van der Waals surface area contributed by atoms with E-state index in [9.17, 15) is 18.7 Å². The monoisotopic (exact) mass is 350 g/mol. The predicted octanol–water partition coefficient (Wildman–Crippen LogP) is 4.32. The van der Waals surface area contributed by atoms with Crippen molar-refractivity contribution in [2.45, 2.75) is 39.9 Å². The van der Waals surface area contributed by atoms with Crippen LogP contribution >= 0.6 is 0 Å². The van der Waals surface area contributed by atoms with Gasteiger partial charge in [-0.05, 0) is 30.7 Å². The van der Waals surface area contributed by atoms with E-state index in [-0.39, 0.29) is 36.7 Å². The van der Waals surface area contributed by atoms with Crippen LogP contribution < -0.4 is 9.47 Å². The number of aliphatic hydroxyl groups is 1. The molecule has 1 N–H and O–H groups in total. The summed E-state index contributed by atoms with van der Waals surface area (Å²) in [5.74, 6) is -0.120. The number of alkyl halides is 2. The first-order valence-electron chi connectivity index (χ1n) is 7.90. The quantitative estimate of drug-likeness (QED) is 0.597. The zero-order valence-electron chi connectivity index (χ0n) is 14.1. The van der Waals surface area contributed by atoms with Gasteiger partial charge in [-0.25, -0.2) is 8.78 Å². The standard InChI is InChI=1S/C19H20F2O4/c1-3-18(23)25-17-6-4-5-13(10-22)15(17)11-24-16-8-7-12(2)9-14(16)19(20)21/h4-9,19,22H,3,10-11H2,1-2H3. The van der Waals surface area contributed by atoms with Crippen molar-refractivity contribution in [2.75, 3.05) is 0 Å². The summed E-state index contributed by atoms with van der Waals surface area (Å²) in [5, 5.41) is 9.49. The third-order valence-electron chi connectivity index (χ3n) is 3.69. The molecule has 0 aliphatic heterocycles. The number of esters is 1. The van der Waals surface area contributed by atoms with Crippen molar-refractivity contribution in [3.8, 4) is 11.5 Å². The van der Waals surface area contributed by atoms with Gasteiger partial charge < -0.3 is 14.6 Å². The van der Waals surface area contributed by atoms with Crippen LogP contribution in [0.1, 0.15) is 42.0 Å². The van der Waals surface area contributed by atoms with E-state index in [1.54, 1.807) is 38.1 Å². The predicted molar refractivity (Wildman–Crippen MR) is 88.8 cm³/mol. The van der Waals surface area contributed by atoms with Crippen molar-refractivity contribution in [1.29, 1.82) is 0 Å². The smallest absolute Gasteiger partial charge is 0.310 e. The van der Waals surface area contributed by atoms with Crippen LogP contribution in [0, 0.1) is 6.92 Å². The highest BCUT2D eigenvalue weighted by molar-refractivity contribution is 5.72. The van der Waals surface area contributed by atoms with E-state index in [2.05, 4.69) is 0 Å². The van der Waals surface area contributed by atoms with Gasteiger partial charge in [0.05, 0.1) is 12.2 Å². The molecule has 0 spiro atoms. The maximum atomic E-state index is 13.2. The third kappa shape index (κ3) is 4.76.